The van der Waals surface area contributed by atoms with Crippen LogP contribution in [-0.4, -0.2) is 13.2 Å². The molecule has 2 aromatic carbocycles. The number of hydrogen-bond donors (Lipinski definition) is 1. The molecule has 0 amide bonds. The van der Waals surface area contributed by atoms with E-state index >= 15 is 0 Å². The molecule has 0 spiro atoms. The monoisotopic (exact) mass is 285 g/mol. The van der Waals surface area contributed by atoms with Crippen LogP contribution >= 0.6 is 0 Å². The number of ether oxygens (including phenoxy) is 2. The zero-order chi connectivity index (χ0) is 15.2. The molecule has 0 aliphatic heterocycles. The van der Waals surface area contributed by atoms with Crippen LogP contribution in [0.5, 0.6) is 11.5 Å². The molecular formula is C18H23NO2. The number of nitrogens with two attached hydrogens (primary N) is 1. The normalized spacial score (nSPS) is 12.2. The van der Waals surface area contributed by atoms with Crippen molar-refractivity contribution in [3.05, 3.63) is 59.7 Å². The summed E-state index contributed by atoms with van der Waals surface area (Å²) < 4.78 is 11.0. The van der Waals surface area contributed by atoms with Crippen LogP contribution in [-0.2, 0) is 6.42 Å². The molecule has 2 aromatic rings. The van der Waals surface area contributed by atoms with Gasteiger partial charge in [-0.15, -0.1) is 0 Å². The van der Waals surface area contributed by atoms with Gasteiger partial charge in [-0.05, 0) is 49.6 Å². The fourth-order valence-corrected chi connectivity index (χ4v) is 2.29. The molecule has 2 N–H and O–H groups in total. The molecule has 0 heterocycles. The molecule has 3 nitrogen and oxygen atoms in total. The molecule has 0 aromatic heterocycles. The molecule has 2 rings (SSSR count). The lowest BCUT2D eigenvalue weighted by Gasteiger charge is -2.16. The molecule has 112 valence electrons. The van der Waals surface area contributed by atoms with Crippen molar-refractivity contribution in [1.29, 1.82) is 0 Å². The van der Waals surface area contributed by atoms with Gasteiger partial charge in [0.2, 0.25) is 0 Å². The first kappa shape index (κ1) is 15.4. The van der Waals surface area contributed by atoms with Crippen molar-refractivity contribution in [1.82, 2.24) is 0 Å². The Morgan fingerprint density at radius 3 is 2.29 bits per heavy atom. The molecule has 1 unspecified atom stereocenters. The Balaban J connectivity index is 2.07. The lowest BCUT2D eigenvalue weighted by molar-refractivity contribution is 0.242. The maximum atomic E-state index is 6.31. The number of rotatable bonds is 6. The van der Waals surface area contributed by atoms with Crippen molar-refractivity contribution >= 4 is 0 Å². The summed E-state index contributed by atoms with van der Waals surface area (Å²) in [4.78, 5) is 0. The van der Waals surface area contributed by atoms with Crippen LogP contribution in [0.25, 0.3) is 0 Å². The summed E-state index contributed by atoms with van der Waals surface area (Å²) in [5, 5.41) is 0. The molecule has 0 aliphatic carbocycles. The zero-order valence-electron chi connectivity index (χ0n) is 12.9. The maximum Gasteiger partial charge on any atom is 0.122 e. The Morgan fingerprint density at radius 2 is 1.67 bits per heavy atom. The van der Waals surface area contributed by atoms with E-state index in [-0.39, 0.29) is 12.1 Å². The van der Waals surface area contributed by atoms with Gasteiger partial charge in [0.25, 0.3) is 0 Å². The molecule has 0 saturated heterocycles. The van der Waals surface area contributed by atoms with E-state index in [0.717, 1.165) is 29.0 Å². The third-order valence-electron chi connectivity index (χ3n) is 3.31. The maximum absolute atomic E-state index is 6.31. The molecular weight excluding hydrogens is 262 g/mol. The van der Waals surface area contributed by atoms with Crippen LogP contribution in [0.3, 0.4) is 0 Å². The van der Waals surface area contributed by atoms with Crippen molar-refractivity contribution in [2.24, 2.45) is 5.73 Å². The van der Waals surface area contributed by atoms with E-state index < -0.39 is 0 Å². The van der Waals surface area contributed by atoms with E-state index in [1.54, 1.807) is 7.11 Å². The Hall–Kier alpha value is -2.00. The minimum absolute atomic E-state index is 0.0607. The van der Waals surface area contributed by atoms with Gasteiger partial charge >= 0.3 is 0 Å². The molecule has 3 heteroatoms. The van der Waals surface area contributed by atoms with Gasteiger partial charge in [-0.25, -0.2) is 0 Å². The average Bonchev–Trinajstić information content (AvgIpc) is 2.48. The minimum atomic E-state index is -0.0607. The Kier molecular flexibility index (Phi) is 5.23. The molecule has 0 bridgehead atoms. The molecule has 0 saturated carbocycles. The fraction of sp³-hybridized carbons (Fsp3) is 0.333. The third kappa shape index (κ3) is 4.23. The molecule has 0 radical (unpaired) electrons. The van der Waals surface area contributed by atoms with Crippen LogP contribution in [0.1, 0.15) is 31.0 Å². The van der Waals surface area contributed by atoms with E-state index in [9.17, 15) is 0 Å². The van der Waals surface area contributed by atoms with Crippen LogP contribution in [0.4, 0.5) is 0 Å². The third-order valence-corrected chi connectivity index (χ3v) is 3.31. The number of benzene rings is 2. The summed E-state index contributed by atoms with van der Waals surface area (Å²) in [5.74, 6) is 1.76. The highest BCUT2D eigenvalue weighted by Gasteiger charge is 2.10. The topological polar surface area (TPSA) is 44.5 Å². The summed E-state index contributed by atoms with van der Waals surface area (Å²) in [7, 11) is 1.68. The van der Waals surface area contributed by atoms with Crippen molar-refractivity contribution < 1.29 is 9.47 Å². The number of methoxy groups -OCH3 is 1. The number of hydrogen-bond acceptors (Lipinski definition) is 3. The second-order valence-corrected chi connectivity index (χ2v) is 5.36. The largest absolute Gasteiger partial charge is 0.496 e. The Bertz CT molecular complexity index is 564. The van der Waals surface area contributed by atoms with Gasteiger partial charge in [-0.2, -0.15) is 0 Å². The van der Waals surface area contributed by atoms with Crippen molar-refractivity contribution in [2.75, 3.05) is 7.11 Å². The quantitative estimate of drug-likeness (QED) is 0.879. The van der Waals surface area contributed by atoms with Crippen LogP contribution in [0.2, 0.25) is 0 Å². The van der Waals surface area contributed by atoms with E-state index in [1.807, 2.05) is 56.3 Å². The van der Waals surface area contributed by atoms with Gasteiger partial charge < -0.3 is 15.2 Å². The van der Waals surface area contributed by atoms with Gasteiger partial charge in [0.05, 0.1) is 13.2 Å². The molecule has 21 heavy (non-hydrogen) atoms. The Labute approximate surface area is 126 Å². The van der Waals surface area contributed by atoms with Gasteiger partial charge in [0, 0.05) is 6.04 Å². The first-order valence-corrected chi connectivity index (χ1v) is 7.24. The van der Waals surface area contributed by atoms with Crippen LogP contribution in [0, 0.1) is 0 Å². The average molecular weight is 285 g/mol. The standard InChI is InChI=1S/C18H23NO2/c1-13(2)21-16-10-8-14(9-11-16)17(19)12-15-6-4-5-7-18(15)20-3/h4-11,13,17H,12,19H2,1-3H3. The molecule has 0 fully saturated rings. The fourth-order valence-electron chi connectivity index (χ4n) is 2.29. The van der Waals surface area contributed by atoms with Gasteiger partial charge in [0.15, 0.2) is 0 Å². The van der Waals surface area contributed by atoms with E-state index in [1.165, 1.54) is 0 Å². The van der Waals surface area contributed by atoms with Crippen molar-refractivity contribution in [3.63, 3.8) is 0 Å². The summed E-state index contributed by atoms with van der Waals surface area (Å²) in [5.41, 5.74) is 8.52. The van der Waals surface area contributed by atoms with Crippen LogP contribution < -0.4 is 15.2 Å². The predicted molar refractivity (Wildman–Crippen MR) is 85.8 cm³/mol. The smallest absolute Gasteiger partial charge is 0.122 e. The highest BCUT2D eigenvalue weighted by atomic mass is 16.5. The SMILES string of the molecule is COc1ccccc1CC(N)c1ccc(OC(C)C)cc1. The molecule has 0 aliphatic rings. The first-order chi connectivity index (χ1) is 10.1. The number of para-hydroxylation sites is 1. The van der Waals surface area contributed by atoms with Gasteiger partial charge in [0.1, 0.15) is 11.5 Å². The summed E-state index contributed by atoms with van der Waals surface area (Å²) in [6, 6.07) is 15.9. The second-order valence-electron chi connectivity index (χ2n) is 5.36. The predicted octanol–water partition coefficient (Wildman–Crippen LogP) is 3.72. The molecule has 1 atom stereocenters. The lowest BCUT2D eigenvalue weighted by Crippen LogP contribution is -2.14. The first-order valence-electron chi connectivity index (χ1n) is 7.24. The van der Waals surface area contributed by atoms with Gasteiger partial charge in [-0.1, -0.05) is 30.3 Å². The summed E-state index contributed by atoms with van der Waals surface area (Å²) in [6.45, 7) is 4.03. The summed E-state index contributed by atoms with van der Waals surface area (Å²) in [6.07, 6.45) is 0.923. The van der Waals surface area contributed by atoms with Crippen LogP contribution in [0.15, 0.2) is 48.5 Å². The summed E-state index contributed by atoms with van der Waals surface area (Å²) >= 11 is 0. The van der Waals surface area contributed by atoms with E-state index in [0.29, 0.717) is 0 Å². The van der Waals surface area contributed by atoms with E-state index in [2.05, 4.69) is 6.07 Å². The van der Waals surface area contributed by atoms with Gasteiger partial charge in [-0.3, -0.25) is 0 Å². The van der Waals surface area contributed by atoms with Crippen molar-refractivity contribution in [3.8, 4) is 11.5 Å². The van der Waals surface area contributed by atoms with Crippen molar-refractivity contribution in [2.45, 2.75) is 32.4 Å². The highest BCUT2D eigenvalue weighted by molar-refractivity contribution is 5.36. The Morgan fingerprint density at radius 1 is 1.00 bits per heavy atom. The highest BCUT2D eigenvalue weighted by Crippen LogP contribution is 2.24. The second kappa shape index (κ2) is 7.14. The lowest BCUT2D eigenvalue weighted by atomic mass is 9.99. The zero-order valence-corrected chi connectivity index (χ0v) is 12.9. The van der Waals surface area contributed by atoms with E-state index in [4.69, 9.17) is 15.2 Å². The minimum Gasteiger partial charge on any atom is -0.496 e.